The summed E-state index contributed by atoms with van der Waals surface area (Å²) in [6.45, 7) is 4.97. The van der Waals surface area contributed by atoms with Crippen molar-refractivity contribution in [3.05, 3.63) is 76.8 Å². The SMILES string of the molecule is CC(C)c1ccc2cc(OCc3ccc(Cl)cc3)ccc2c1. The third kappa shape index (κ3) is 3.42. The molecule has 0 aliphatic rings. The predicted molar refractivity (Wildman–Crippen MR) is 93.8 cm³/mol. The molecule has 0 aromatic heterocycles. The van der Waals surface area contributed by atoms with Gasteiger partial charge in [-0.05, 0) is 52.1 Å². The van der Waals surface area contributed by atoms with Gasteiger partial charge in [-0.2, -0.15) is 0 Å². The lowest BCUT2D eigenvalue weighted by molar-refractivity contribution is 0.306. The quantitative estimate of drug-likeness (QED) is 0.558. The highest BCUT2D eigenvalue weighted by atomic mass is 35.5. The normalized spacial score (nSPS) is 11.1. The van der Waals surface area contributed by atoms with E-state index in [0.717, 1.165) is 16.3 Å². The van der Waals surface area contributed by atoms with Crippen molar-refractivity contribution >= 4 is 22.4 Å². The van der Waals surface area contributed by atoms with Gasteiger partial charge in [-0.3, -0.25) is 0 Å². The van der Waals surface area contributed by atoms with Crippen LogP contribution in [0.5, 0.6) is 5.75 Å². The molecule has 0 atom stereocenters. The van der Waals surface area contributed by atoms with E-state index in [1.54, 1.807) is 0 Å². The van der Waals surface area contributed by atoms with Crippen molar-refractivity contribution in [1.82, 2.24) is 0 Å². The Labute approximate surface area is 136 Å². The first-order valence-corrected chi connectivity index (χ1v) is 7.90. The number of hydrogen-bond donors (Lipinski definition) is 0. The molecule has 22 heavy (non-hydrogen) atoms. The predicted octanol–water partition coefficient (Wildman–Crippen LogP) is 6.20. The van der Waals surface area contributed by atoms with Crippen molar-refractivity contribution in [1.29, 1.82) is 0 Å². The zero-order chi connectivity index (χ0) is 15.5. The van der Waals surface area contributed by atoms with Crippen LogP contribution < -0.4 is 4.74 Å². The van der Waals surface area contributed by atoms with Crippen LogP contribution in [0, 0.1) is 0 Å². The van der Waals surface area contributed by atoms with Gasteiger partial charge in [0.05, 0.1) is 0 Å². The van der Waals surface area contributed by atoms with Crippen LogP contribution in [0.15, 0.2) is 60.7 Å². The van der Waals surface area contributed by atoms with Gasteiger partial charge in [0.25, 0.3) is 0 Å². The van der Waals surface area contributed by atoms with Crippen molar-refractivity contribution in [3.8, 4) is 5.75 Å². The molecular weight excluding hydrogens is 292 g/mol. The van der Waals surface area contributed by atoms with Crippen LogP contribution in [0.25, 0.3) is 10.8 Å². The van der Waals surface area contributed by atoms with Gasteiger partial charge < -0.3 is 4.74 Å². The summed E-state index contributed by atoms with van der Waals surface area (Å²) < 4.78 is 5.87. The van der Waals surface area contributed by atoms with Crippen LogP contribution in [0.1, 0.15) is 30.9 Å². The van der Waals surface area contributed by atoms with Crippen molar-refractivity contribution in [2.75, 3.05) is 0 Å². The van der Waals surface area contributed by atoms with Crippen LogP contribution in [0.2, 0.25) is 5.02 Å². The molecular formula is C20H19ClO. The topological polar surface area (TPSA) is 9.23 Å². The van der Waals surface area contributed by atoms with Gasteiger partial charge in [0.2, 0.25) is 0 Å². The molecule has 1 nitrogen and oxygen atoms in total. The summed E-state index contributed by atoms with van der Waals surface area (Å²) in [5.74, 6) is 1.44. The van der Waals surface area contributed by atoms with E-state index in [1.165, 1.54) is 16.3 Å². The summed E-state index contributed by atoms with van der Waals surface area (Å²) >= 11 is 5.89. The Kier molecular flexibility index (Phi) is 4.35. The lowest BCUT2D eigenvalue weighted by Crippen LogP contribution is -1.95. The van der Waals surface area contributed by atoms with Gasteiger partial charge >= 0.3 is 0 Å². The van der Waals surface area contributed by atoms with Crippen molar-refractivity contribution < 1.29 is 4.74 Å². The van der Waals surface area contributed by atoms with Crippen LogP contribution >= 0.6 is 11.6 Å². The van der Waals surface area contributed by atoms with Crippen LogP contribution in [-0.2, 0) is 6.61 Å². The van der Waals surface area contributed by atoms with E-state index in [-0.39, 0.29) is 0 Å². The molecule has 0 amide bonds. The Bertz CT molecular complexity index is 775. The van der Waals surface area contributed by atoms with E-state index < -0.39 is 0 Å². The molecule has 0 heterocycles. The molecule has 112 valence electrons. The molecule has 0 saturated heterocycles. The van der Waals surface area contributed by atoms with Gasteiger partial charge in [-0.25, -0.2) is 0 Å². The Morgan fingerprint density at radius 3 is 2.27 bits per heavy atom. The first kappa shape index (κ1) is 14.9. The van der Waals surface area contributed by atoms with Crippen LogP contribution in [0.3, 0.4) is 0 Å². The molecule has 0 spiro atoms. The fourth-order valence-corrected chi connectivity index (χ4v) is 2.56. The number of fused-ring (bicyclic) bond motifs is 1. The third-order valence-corrected chi connectivity index (χ3v) is 4.07. The summed E-state index contributed by atoms with van der Waals surface area (Å²) in [5.41, 5.74) is 2.47. The van der Waals surface area contributed by atoms with E-state index in [2.05, 4.69) is 44.2 Å². The van der Waals surface area contributed by atoms with Crippen molar-refractivity contribution in [3.63, 3.8) is 0 Å². The minimum Gasteiger partial charge on any atom is -0.489 e. The second kappa shape index (κ2) is 6.41. The molecule has 2 heteroatoms. The molecule has 3 rings (SSSR count). The number of rotatable bonds is 4. The number of ether oxygens (including phenoxy) is 1. The van der Waals surface area contributed by atoms with Crippen molar-refractivity contribution in [2.45, 2.75) is 26.4 Å². The first-order chi connectivity index (χ1) is 10.6. The van der Waals surface area contributed by atoms with Gasteiger partial charge in [0, 0.05) is 5.02 Å². The summed E-state index contributed by atoms with van der Waals surface area (Å²) in [4.78, 5) is 0. The first-order valence-electron chi connectivity index (χ1n) is 7.53. The molecule has 0 bridgehead atoms. The van der Waals surface area contributed by atoms with Gasteiger partial charge in [-0.15, -0.1) is 0 Å². The van der Waals surface area contributed by atoms with Crippen LogP contribution in [0.4, 0.5) is 0 Å². The number of benzene rings is 3. The maximum atomic E-state index is 5.89. The van der Waals surface area contributed by atoms with E-state index in [0.29, 0.717) is 12.5 Å². The van der Waals surface area contributed by atoms with E-state index >= 15 is 0 Å². The number of hydrogen-bond acceptors (Lipinski definition) is 1. The van der Waals surface area contributed by atoms with E-state index in [9.17, 15) is 0 Å². The number of halogens is 1. The second-order valence-electron chi connectivity index (χ2n) is 5.84. The van der Waals surface area contributed by atoms with E-state index in [4.69, 9.17) is 16.3 Å². The zero-order valence-corrected chi connectivity index (χ0v) is 13.6. The summed E-state index contributed by atoms with van der Waals surface area (Å²) in [6.07, 6.45) is 0. The Morgan fingerprint density at radius 1 is 0.864 bits per heavy atom. The smallest absolute Gasteiger partial charge is 0.120 e. The second-order valence-corrected chi connectivity index (χ2v) is 6.27. The standard InChI is InChI=1S/C20H19ClO/c1-14(2)16-5-6-18-12-20(10-7-17(18)11-16)22-13-15-3-8-19(21)9-4-15/h3-12,14H,13H2,1-2H3. The highest BCUT2D eigenvalue weighted by molar-refractivity contribution is 6.30. The fourth-order valence-electron chi connectivity index (χ4n) is 2.44. The Hall–Kier alpha value is -1.99. The molecule has 0 aliphatic carbocycles. The maximum absolute atomic E-state index is 5.89. The van der Waals surface area contributed by atoms with Crippen molar-refractivity contribution in [2.24, 2.45) is 0 Å². The lowest BCUT2D eigenvalue weighted by atomic mass is 9.99. The van der Waals surface area contributed by atoms with E-state index in [1.807, 2.05) is 30.3 Å². The summed E-state index contributed by atoms with van der Waals surface area (Å²) in [6, 6.07) is 20.6. The Morgan fingerprint density at radius 2 is 1.55 bits per heavy atom. The molecule has 0 saturated carbocycles. The minimum atomic E-state index is 0.547. The fraction of sp³-hybridized carbons (Fsp3) is 0.200. The average molecular weight is 311 g/mol. The lowest BCUT2D eigenvalue weighted by Gasteiger charge is -2.10. The van der Waals surface area contributed by atoms with Crippen LogP contribution in [-0.4, -0.2) is 0 Å². The molecule has 0 N–H and O–H groups in total. The largest absolute Gasteiger partial charge is 0.489 e. The van der Waals surface area contributed by atoms with Gasteiger partial charge in [0.1, 0.15) is 12.4 Å². The zero-order valence-electron chi connectivity index (χ0n) is 12.8. The molecule has 0 aliphatic heterocycles. The Balaban J connectivity index is 1.77. The average Bonchev–Trinajstić information content (AvgIpc) is 2.53. The third-order valence-electron chi connectivity index (χ3n) is 3.82. The highest BCUT2D eigenvalue weighted by Gasteiger charge is 2.03. The minimum absolute atomic E-state index is 0.547. The monoisotopic (exact) mass is 310 g/mol. The molecule has 3 aromatic carbocycles. The molecule has 0 unspecified atom stereocenters. The highest BCUT2D eigenvalue weighted by Crippen LogP contribution is 2.25. The summed E-state index contributed by atoms with van der Waals surface area (Å²) in [7, 11) is 0. The van der Waals surface area contributed by atoms with Gasteiger partial charge in [-0.1, -0.05) is 61.8 Å². The molecule has 0 fully saturated rings. The summed E-state index contributed by atoms with van der Waals surface area (Å²) in [5, 5.41) is 3.21. The molecule has 3 aromatic rings. The van der Waals surface area contributed by atoms with Gasteiger partial charge in [0.15, 0.2) is 0 Å². The maximum Gasteiger partial charge on any atom is 0.120 e. The molecule has 0 radical (unpaired) electrons.